The lowest BCUT2D eigenvalue weighted by molar-refractivity contribution is -0.125. The van der Waals surface area contributed by atoms with Crippen molar-refractivity contribution in [2.75, 3.05) is 9.80 Å². The lowest BCUT2D eigenvalue weighted by Crippen LogP contribution is -2.52. The molecule has 43 heavy (non-hydrogen) atoms. The molecule has 0 unspecified atom stereocenters. The second-order valence-electron chi connectivity index (χ2n) is 12.1. The van der Waals surface area contributed by atoms with E-state index in [0.717, 1.165) is 5.69 Å². The lowest BCUT2D eigenvalue weighted by Gasteiger charge is -2.48. The summed E-state index contributed by atoms with van der Waals surface area (Å²) < 4.78 is 16.8. The molecule has 1 aromatic heterocycles. The van der Waals surface area contributed by atoms with Crippen molar-refractivity contribution in [3.63, 3.8) is 0 Å². The second kappa shape index (κ2) is 9.67. The molecule has 0 saturated carbocycles. The summed E-state index contributed by atoms with van der Waals surface area (Å²) in [5.74, 6) is -0.514. The van der Waals surface area contributed by atoms with Gasteiger partial charge in [-0.05, 0) is 48.2 Å². The number of rotatable bonds is 4. The Bertz CT molecular complexity index is 1900. The van der Waals surface area contributed by atoms with Gasteiger partial charge >= 0.3 is 0 Å². The molecule has 0 fully saturated rings. The van der Waals surface area contributed by atoms with Crippen LogP contribution < -0.4 is 9.80 Å². The molecular weight excluding hydrogens is 539 g/mol. The minimum atomic E-state index is -1.69. The number of halogens is 1. The van der Waals surface area contributed by atoms with E-state index in [2.05, 4.69) is 19.9 Å². The average Bonchev–Trinajstić information content (AvgIpc) is 3.61. The van der Waals surface area contributed by atoms with Crippen molar-refractivity contribution in [1.29, 1.82) is 5.26 Å². The monoisotopic (exact) mass is 568 g/mol. The Kier molecular flexibility index (Phi) is 6.00. The maximum absolute atomic E-state index is 15.1. The van der Waals surface area contributed by atoms with E-state index in [1.807, 2.05) is 88.6 Å². The van der Waals surface area contributed by atoms with Crippen LogP contribution in [0.1, 0.15) is 37.8 Å². The fourth-order valence-electron chi connectivity index (χ4n) is 7.04. The molecule has 0 N–H and O–H groups in total. The van der Waals surface area contributed by atoms with Crippen LogP contribution in [-0.2, 0) is 21.5 Å². The Morgan fingerprint density at radius 3 is 2.26 bits per heavy atom. The zero-order valence-electron chi connectivity index (χ0n) is 23.9. The van der Waals surface area contributed by atoms with Gasteiger partial charge in [0.2, 0.25) is 5.91 Å². The molecule has 0 bridgehead atoms. The van der Waals surface area contributed by atoms with Crippen LogP contribution in [0, 0.1) is 22.6 Å². The molecule has 1 aliphatic carbocycles. The highest BCUT2D eigenvalue weighted by molar-refractivity contribution is 6.22. The summed E-state index contributed by atoms with van der Waals surface area (Å²) in [6.07, 6.45) is 4.44. The molecular formula is C36H29FN4O2. The minimum absolute atomic E-state index is 0.0352. The van der Waals surface area contributed by atoms with Crippen molar-refractivity contribution in [1.82, 2.24) is 4.57 Å². The number of carbonyl (C=O) groups is 2. The summed E-state index contributed by atoms with van der Waals surface area (Å²) in [4.78, 5) is 33.1. The van der Waals surface area contributed by atoms with E-state index in [-0.39, 0.29) is 29.7 Å². The van der Waals surface area contributed by atoms with Crippen molar-refractivity contribution in [3.8, 4) is 6.07 Å². The van der Waals surface area contributed by atoms with E-state index in [9.17, 15) is 14.4 Å². The fourth-order valence-corrected chi connectivity index (χ4v) is 7.04. The van der Waals surface area contributed by atoms with E-state index >= 15 is 4.79 Å². The molecule has 3 aromatic carbocycles. The minimum Gasteiger partial charge on any atom is -0.309 e. The highest BCUT2D eigenvalue weighted by Crippen LogP contribution is 2.59. The van der Waals surface area contributed by atoms with E-state index < -0.39 is 17.1 Å². The van der Waals surface area contributed by atoms with Crippen molar-refractivity contribution in [2.45, 2.75) is 38.6 Å². The summed E-state index contributed by atoms with van der Waals surface area (Å²) in [5, 5.41) is 11.1. The first kappa shape index (κ1) is 26.7. The number of nitrogens with zero attached hydrogens (tertiary/aromatic N) is 4. The summed E-state index contributed by atoms with van der Waals surface area (Å²) in [6, 6.07) is 29.5. The number of hydrogen-bond acceptors (Lipinski definition) is 4. The Hall–Kier alpha value is -5.22. The predicted octanol–water partition coefficient (Wildman–Crippen LogP) is 6.97. The summed E-state index contributed by atoms with van der Waals surface area (Å²) >= 11 is 0. The van der Waals surface area contributed by atoms with Gasteiger partial charge in [-0.3, -0.25) is 14.5 Å². The first-order chi connectivity index (χ1) is 20.8. The average molecular weight is 569 g/mol. The van der Waals surface area contributed by atoms with Gasteiger partial charge in [0.25, 0.3) is 0 Å². The number of ketones is 1. The molecule has 7 rings (SSSR count). The van der Waals surface area contributed by atoms with E-state index in [1.54, 1.807) is 18.2 Å². The van der Waals surface area contributed by atoms with Crippen molar-refractivity contribution in [2.24, 2.45) is 5.41 Å². The molecule has 2 aliphatic heterocycles. The van der Waals surface area contributed by atoms with Crippen molar-refractivity contribution < 1.29 is 14.0 Å². The number of nitriles is 1. The number of anilines is 2. The molecule has 6 nitrogen and oxygen atoms in total. The van der Waals surface area contributed by atoms with Gasteiger partial charge < -0.3 is 9.47 Å². The third-order valence-corrected chi connectivity index (χ3v) is 8.73. The smallest absolute Gasteiger partial charge is 0.248 e. The molecule has 3 heterocycles. The van der Waals surface area contributed by atoms with Crippen LogP contribution in [0.15, 0.2) is 120 Å². The van der Waals surface area contributed by atoms with Gasteiger partial charge in [0, 0.05) is 52.6 Å². The maximum atomic E-state index is 15.1. The number of carbonyl (C=O) groups excluding carboxylic acids is 2. The summed E-state index contributed by atoms with van der Waals surface area (Å²) in [5.41, 5.74) is 1.38. The van der Waals surface area contributed by atoms with Crippen LogP contribution >= 0.6 is 0 Å². The van der Waals surface area contributed by atoms with E-state index in [1.165, 1.54) is 11.0 Å². The van der Waals surface area contributed by atoms with Crippen molar-refractivity contribution in [3.05, 3.63) is 137 Å². The quantitative estimate of drug-likeness (QED) is 0.267. The Balaban J connectivity index is 1.59. The van der Waals surface area contributed by atoms with Crippen LogP contribution in [0.4, 0.5) is 15.8 Å². The maximum Gasteiger partial charge on any atom is 0.248 e. The first-order valence-corrected chi connectivity index (χ1v) is 14.3. The van der Waals surface area contributed by atoms with Gasteiger partial charge in [-0.2, -0.15) is 5.26 Å². The molecule has 1 spiro atoms. The zero-order valence-corrected chi connectivity index (χ0v) is 23.9. The molecule has 1 atom stereocenters. The molecule has 1 amide bonds. The first-order valence-electron chi connectivity index (χ1n) is 14.3. The number of benzene rings is 3. The number of hydrogen-bond donors (Lipinski definition) is 0. The summed E-state index contributed by atoms with van der Waals surface area (Å²) in [7, 11) is 0. The number of amides is 1. The third-order valence-electron chi connectivity index (χ3n) is 8.73. The Labute approximate surface area is 249 Å². The predicted molar refractivity (Wildman–Crippen MR) is 163 cm³/mol. The van der Waals surface area contributed by atoms with Gasteiger partial charge in [0.1, 0.15) is 23.1 Å². The number of allylic oxidation sites excluding steroid dienone is 1. The second-order valence-corrected chi connectivity index (χ2v) is 12.1. The molecule has 7 heteroatoms. The molecule has 3 aliphatic rings. The van der Waals surface area contributed by atoms with Crippen LogP contribution in [0.5, 0.6) is 0 Å². The third kappa shape index (κ3) is 3.83. The molecule has 4 aromatic rings. The van der Waals surface area contributed by atoms with Gasteiger partial charge in [0.15, 0.2) is 5.78 Å². The van der Waals surface area contributed by atoms with Crippen molar-refractivity contribution >= 4 is 28.9 Å². The van der Waals surface area contributed by atoms with Gasteiger partial charge in [-0.15, -0.1) is 0 Å². The highest BCUT2D eigenvalue weighted by atomic mass is 19.1. The van der Waals surface area contributed by atoms with Crippen LogP contribution in [0.3, 0.4) is 0 Å². The molecule has 0 saturated heterocycles. The largest absolute Gasteiger partial charge is 0.309 e. The lowest BCUT2D eigenvalue weighted by atomic mass is 9.60. The standard InChI is InChI=1S/C36H29FN4O2/c1-35(2)20-30-32(31(42)21-35)36(27(22-38)33(39-18-10-11-19-39)41(30)25-13-4-3-5-14-25)26-15-7-9-17-29(26)40(34(36)43)23-24-12-6-8-16-28(24)37/h3-19H,20-21,23H2,1-2H3/t36-/m0/s1. The molecule has 212 valence electrons. The topological polar surface area (TPSA) is 69.3 Å². The van der Waals surface area contributed by atoms with E-state index in [0.29, 0.717) is 40.3 Å². The SMILES string of the molecule is CC1(C)CC(=O)C2=C(C1)N(c1ccccc1)C(n1cccc1)=C(C#N)[C@]21C(=O)N(Cc2ccccc2F)c2ccccc21. The van der Waals surface area contributed by atoms with Gasteiger partial charge in [-0.1, -0.05) is 68.4 Å². The zero-order chi connectivity index (χ0) is 29.9. The summed E-state index contributed by atoms with van der Waals surface area (Å²) in [6.45, 7) is 4.07. The Morgan fingerprint density at radius 2 is 1.53 bits per heavy atom. The van der Waals surface area contributed by atoms with Crippen LogP contribution in [0.2, 0.25) is 0 Å². The Morgan fingerprint density at radius 1 is 0.860 bits per heavy atom. The number of Topliss-reactive ketones (excluding diaryl/α,β-unsaturated/α-hetero) is 1. The fraction of sp³-hybridized carbons (Fsp3) is 0.194. The highest BCUT2D eigenvalue weighted by Gasteiger charge is 2.63. The normalized spacial score (nSPS) is 20.9. The van der Waals surface area contributed by atoms with Gasteiger partial charge in [0.05, 0.1) is 12.1 Å². The van der Waals surface area contributed by atoms with Gasteiger partial charge in [-0.25, -0.2) is 4.39 Å². The van der Waals surface area contributed by atoms with Crippen LogP contribution in [-0.4, -0.2) is 16.3 Å². The van der Waals surface area contributed by atoms with Crippen LogP contribution in [0.25, 0.3) is 5.82 Å². The number of aromatic nitrogens is 1. The number of para-hydroxylation sites is 2. The molecule has 0 radical (unpaired) electrons. The van der Waals surface area contributed by atoms with E-state index in [4.69, 9.17) is 0 Å². The number of fused-ring (bicyclic) bond motifs is 3.